The average Bonchev–Trinajstić information content (AvgIpc) is 2.59. The summed E-state index contributed by atoms with van der Waals surface area (Å²) in [7, 11) is 0.121. The molecule has 0 aliphatic carbocycles. The van der Waals surface area contributed by atoms with E-state index in [0.717, 1.165) is 5.56 Å². The fourth-order valence-electron chi connectivity index (χ4n) is 2.28. The minimum absolute atomic E-state index is 0.0524. The van der Waals surface area contributed by atoms with Crippen LogP contribution in [0.4, 0.5) is 0 Å². The van der Waals surface area contributed by atoms with Crippen LogP contribution in [0, 0.1) is 0 Å². The largest absolute Gasteiger partial charge is 0.340 e. The van der Waals surface area contributed by atoms with Crippen LogP contribution in [-0.2, 0) is 15.6 Å². The van der Waals surface area contributed by atoms with E-state index in [4.69, 9.17) is 0 Å². The van der Waals surface area contributed by atoms with E-state index in [1.54, 1.807) is 36.2 Å². The molecule has 6 heteroatoms. The molecule has 1 N–H and O–H groups in total. The predicted molar refractivity (Wildman–Crippen MR) is 94.7 cm³/mol. The van der Waals surface area contributed by atoms with E-state index in [1.807, 2.05) is 25.2 Å². The van der Waals surface area contributed by atoms with Gasteiger partial charge in [0.2, 0.25) is 0 Å². The molecule has 0 atom stereocenters. The van der Waals surface area contributed by atoms with Crippen molar-refractivity contribution in [3.8, 4) is 0 Å². The first-order valence-electron chi connectivity index (χ1n) is 7.71. The first kappa shape index (κ1) is 18.2. The molecular weight excluding hydrogens is 324 g/mol. The number of sulfone groups is 1. The van der Waals surface area contributed by atoms with Gasteiger partial charge >= 0.3 is 0 Å². The Bertz CT molecular complexity index is 772. The second-order valence-electron chi connectivity index (χ2n) is 5.60. The average molecular weight is 346 g/mol. The van der Waals surface area contributed by atoms with E-state index < -0.39 is 9.84 Å². The molecule has 0 aromatic heterocycles. The first-order chi connectivity index (χ1) is 11.4. The van der Waals surface area contributed by atoms with Crippen LogP contribution < -0.4 is 5.32 Å². The second kappa shape index (κ2) is 8.08. The Kier molecular flexibility index (Phi) is 6.11. The number of amides is 1. The fraction of sp³-hybridized carbons (Fsp3) is 0.278. The molecule has 2 aromatic carbocycles. The standard InChI is InChI=1S/C18H22N2O3S/c1-19-12-13-20(2)18(21)16-8-10-17(11-9-16)24(22,23)14-15-6-4-3-5-7-15/h3-11,19H,12-14H2,1-2H3. The fourth-order valence-corrected chi connectivity index (χ4v) is 3.63. The lowest BCUT2D eigenvalue weighted by atomic mass is 10.2. The number of carbonyl (C=O) groups is 1. The summed E-state index contributed by atoms with van der Waals surface area (Å²) in [5, 5.41) is 2.98. The molecule has 0 saturated heterocycles. The summed E-state index contributed by atoms with van der Waals surface area (Å²) in [5.74, 6) is -0.180. The molecule has 0 spiro atoms. The van der Waals surface area contributed by atoms with Gasteiger partial charge in [-0.2, -0.15) is 0 Å². The van der Waals surface area contributed by atoms with Gasteiger partial charge in [-0.1, -0.05) is 30.3 Å². The number of likely N-dealkylation sites (N-methyl/N-ethyl adjacent to an activating group) is 2. The van der Waals surface area contributed by atoms with Crippen LogP contribution >= 0.6 is 0 Å². The summed E-state index contributed by atoms with van der Waals surface area (Å²) in [6, 6.07) is 15.2. The van der Waals surface area contributed by atoms with Crippen molar-refractivity contribution in [2.75, 3.05) is 27.2 Å². The zero-order chi connectivity index (χ0) is 17.6. The Labute approximate surface area is 143 Å². The van der Waals surface area contributed by atoms with E-state index >= 15 is 0 Å². The van der Waals surface area contributed by atoms with Crippen molar-refractivity contribution in [3.63, 3.8) is 0 Å². The van der Waals surface area contributed by atoms with Crippen LogP contribution in [0.25, 0.3) is 0 Å². The minimum atomic E-state index is -3.43. The molecular formula is C18H22N2O3S. The summed E-state index contributed by atoms with van der Waals surface area (Å²) in [6.07, 6.45) is 0. The SMILES string of the molecule is CNCCN(C)C(=O)c1ccc(S(=O)(=O)Cc2ccccc2)cc1. The van der Waals surface area contributed by atoms with Gasteiger partial charge in [0, 0.05) is 25.7 Å². The predicted octanol–water partition coefficient (Wildman–Crippen LogP) is 1.95. The molecule has 0 aliphatic heterocycles. The molecule has 24 heavy (non-hydrogen) atoms. The lowest BCUT2D eigenvalue weighted by molar-refractivity contribution is 0.0796. The van der Waals surface area contributed by atoms with E-state index in [1.165, 1.54) is 12.1 Å². The molecule has 128 valence electrons. The van der Waals surface area contributed by atoms with E-state index in [2.05, 4.69) is 5.32 Å². The molecule has 0 saturated carbocycles. The van der Waals surface area contributed by atoms with Gasteiger partial charge in [0.1, 0.15) is 0 Å². The highest BCUT2D eigenvalue weighted by Crippen LogP contribution is 2.17. The Balaban J connectivity index is 2.12. The lowest BCUT2D eigenvalue weighted by Gasteiger charge is -2.17. The van der Waals surface area contributed by atoms with Crippen molar-refractivity contribution in [1.82, 2.24) is 10.2 Å². The van der Waals surface area contributed by atoms with Crippen molar-refractivity contribution in [3.05, 3.63) is 65.7 Å². The van der Waals surface area contributed by atoms with E-state index in [9.17, 15) is 13.2 Å². The zero-order valence-electron chi connectivity index (χ0n) is 13.9. The van der Waals surface area contributed by atoms with Crippen LogP contribution in [0.3, 0.4) is 0 Å². The second-order valence-corrected chi connectivity index (χ2v) is 7.59. The number of nitrogens with one attached hydrogen (secondary N) is 1. The van der Waals surface area contributed by atoms with Gasteiger partial charge in [0.15, 0.2) is 9.84 Å². The van der Waals surface area contributed by atoms with Crippen molar-refractivity contribution < 1.29 is 13.2 Å². The molecule has 0 fully saturated rings. The first-order valence-corrected chi connectivity index (χ1v) is 9.36. The number of hydrogen-bond donors (Lipinski definition) is 1. The maximum atomic E-state index is 12.5. The Morgan fingerprint density at radius 2 is 1.67 bits per heavy atom. The van der Waals surface area contributed by atoms with Crippen LogP contribution in [0.15, 0.2) is 59.5 Å². The molecule has 0 radical (unpaired) electrons. The molecule has 2 aromatic rings. The highest BCUT2D eigenvalue weighted by Gasteiger charge is 2.17. The topological polar surface area (TPSA) is 66.5 Å². The molecule has 0 heterocycles. The van der Waals surface area contributed by atoms with Crippen molar-refractivity contribution >= 4 is 15.7 Å². The lowest BCUT2D eigenvalue weighted by Crippen LogP contribution is -2.32. The van der Waals surface area contributed by atoms with Gasteiger partial charge in [-0.15, -0.1) is 0 Å². The molecule has 1 amide bonds. The minimum Gasteiger partial charge on any atom is -0.340 e. The van der Waals surface area contributed by atoms with Crippen LogP contribution in [0.1, 0.15) is 15.9 Å². The van der Waals surface area contributed by atoms with Crippen LogP contribution in [-0.4, -0.2) is 46.4 Å². The normalized spacial score (nSPS) is 11.2. The number of hydrogen-bond acceptors (Lipinski definition) is 4. The molecule has 0 bridgehead atoms. The summed E-state index contributed by atoms with van der Waals surface area (Å²) in [4.78, 5) is 14.1. The highest BCUT2D eigenvalue weighted by molar-refractivity contribution is 7.90. The quantitative estimate of drug-likeness (QED) is 0.832. The monoisotopic (exact) mass is 346 g/mol. The molecule has 2 rings (SSSR count). The summed E-state index contributed by atoms with van der Waals surface area (Å²) in [5.41, 5.74) is 1.22. The number of carbonyl (C=O) groups excluding carboxylic acids is 1. The summed E-state index contributed by atoms with van der Waals surface area (Å²) >= 11 is 0. The Morgan fingerprint density at radius 1 is 1.04 bits per heavy atom. The third-order valence-electron chi connectivity index (χ3n) is 3.70. The third-order valence-corrected chi connectivity index (χ3v) is 5.41. The number of benzene rings is 2. The van der Waals surface area contributed by atoms with Crippen LogP contribution in [0.2, 0.25) is 0 Å². The summed E-state index contributed by atoms with van der Waals surface area (Å²) < 4.78 is 24.9. The van der Waals surface area contributed by atoms with Gasteiger partial charge in [-0.25, -0.2) is 8.42 Å². The Hall–Kier alpha value is -2.18. The highest BCUT2D eigenvalue weighted by atomic mass is 32.2. The number of nitrogens with zero attached hydrogens (tertiary/aromatic N) is 1. The van der Waals surface area contributed by atoms with Crippen molar-refractivity contribution in [2.24, 2.45) is 0 Å². The van der Waals surface area contributed by atoms with Crippen LogP contribution in [0.5, 0.6) is 0 Å². The molecule has 0 aliphatic rings. The van der Waals surface area contributed by atoms with E-state index in [-0.39, 0.29) is 16.6 Å². The maximum absolute atomic E-state index is 12.5. The van der Waals surface area contributed by atoms with Gasteiger partial charge in [-0.05, 0) is 36.9 Å². The van der Waals surface area contributed by atoms with Gasteiger partial charge in [0.25, 0.3) is 5.91 Å². The zero-order valence-corrected chi connectivity index (χ0v) is 14.7. The van der Waals surface area contributed by atoms with E-state index in [0.29, 0.717) is 18.7 Å². The maximum Gasteiger partial charge on any atom is 0.253 e. The van der Waals surface area contributed by atoms with Crippen molar-refractivity contribution in [2.45, 2.75) is 10.6 Å². The summed E-state index contributed by atoms with van der Waals surface area (Å²) in [6.45, 7) is 1.29. The van der Waals surface area contributed by atoms with Gasteiger partial charge in [0.05, 0.1) is 10.6 Å². The van der Waals surface area contributed by atoms with Gasteiger partial charge in [-0.3, -0.25) is 4.79 Å². The third kappa shape index (κ3) is 4.66. The van der Waals surface area contributed by atoms with Gasteiger partial charge < -0.3 is 10.2 Å². The molecule has 0 unspecified atom stereocenters. The van der Waals surface area contributed by atoms with Crippen molar-refractivity contribution in [1.29, 1.82) is 0 Å². The molecule has 5 nitrogen and oxygen atoms in total. The Morgan fingerprint density at radius 3 is 2.25 bits per heavy atom. The smallest absolute Gasteiger partial charge is 0.253 e. The number of rotatable bonds is 7.